The quantitative estimate of drug-likeness (QED) is 0.345. The van der Waals surface area contributed by atoms with E-state index in [-0.39, 0.29) is 28.2 Å². The molecule has 0 saturated heterocycles. The van der Waals surface area contributed by atoms with Gasteiger partial charge in [-0.25, -0.2) is 14.4 Å². The lowest BCUT2D eigenvalue weighted by atomic mass is 10.1. The number of aliphatic hydroxyl groups is 1. The summed E-state index contributed by atoms with van der Waals surface area (Å²) < 4.78 is 23.0. The van der Waals surface area contributed by atoms with Gasteiger partial charge >= 0.3 is 17.9 Å². The minimum absolute atomic E-state index is 0.138. The van der Waals surface area contributed by atoms with Gasteiger partial charge in [0.2, 0.25) is 0 Å². The number of ether oxygens (including phenoxy) is 4. The van der Waals surface area contributed by atoms with Crippen molar-refractivity contribution in [3.8, 4) is 0 Å². The molecule has 0 amide bonds. The Labute approximate surface area is 217 Å². The third kappa shape index (κ3) is 6.26. The highest BCUT2D eigenvalue weighted by Crippen LogP contribution is 2.36. The normalized spacial score (nSPS) is 19.1. The van der Waals surface area contributed by atoms with Crippen LogP contribution in [0.2, 0.25) is 0 Å². The maximum Gasteiger partial charge on any atom is 0.343 e. The van der Waals surface area contributed by atoms with Crippen molar-refractivity contribution in [2.75, 3.05) is 12.9 Å². The predicted octanol–water partition coefficient (Wildman–Crippen LogP) is 4.22. The molecule has 3 atom stereocenters. The van der Waals surface area contributed by atoms with Crippen LogP contribution < -0.4 is 0 Å². The van der Waals surface area contributed by atoms with Crippen LogP contribution in [0.1, 0.15) is 31.1 Å². The van der Waals surface area contributed by atoms with Gasteiger partial charge in [0.1, 0.15) is 6.10 Å². The summed E-state index contributed by atoms with van der Waals surface area (Å²) in [7, 11) is 0. The maximum absolute atomic E-state index is 13.1. The largest absolute Gasteiger partial charge is 0.448 e. The lowest BCUT2D eigenvalue weighted by Crippen LogP contribution is -2.46. The SMILES string of the molecule is CSC1O[C@H](CO)[C@@H](OC(=O)c2ccccc2)C(OC(=O)c2ccccc2)=C1OC(=O)c1ccccc1. The van der Waals surface area contributed by atoms with Crippen LogP contribution in [0.15, 0.2) is 103 Å². The molecule has 37 heavy (non-hydrogen) atoms. The van der Waals surface area contributed by atoms with Gasteiger partial charge in [0, 0.05) is 0 Å². The van der Waals surface area contributed by atoms with Crippen molar-refractivity contribution in [3.63, 3.8) is 0 Å². The standard InChI is InChI=1S/C28H24O8S/c1-37-28-24(36-27(32)20-15-9-4-10-16-20)23(35-26(31)19-13-7-3-8-14-19)22(21(17-29)33-28)34-25(30)18-11-5-2-6-12-18/h2-16,21-22,28-29H,17H2,1H3/t21-,22-,28?/m1/s1. The number of aliphatic hydroxyl groups excluding tert-OH is 1. The average molecular weight is 521 g/mol. The van der Waals surface area contributed by atoms with E-state index in [4.69, 9.17) is 18.9 Å². The van der Waals surface area contributed by atoms with E-state index in [0.29, 0.717) is 0 Å². The van der Waals surface area contributed by atoms with Crippen molar-refractivity contribution in [3.05, 3.63) is 119 Å². The topological polar surface area (TPSA) is 108 Å². The molecule has 0 aliphatic carbocycles. The van der Waals surface area contributed by atoms with Crippen molar-refractivity contribution >= 4 is 29.7 Å². The van der Waals surface area contributed by atoms with Crippen LogP contribution >= 0.6 is 11.8 Å². The van der Waals surface area contributed by atoms with E-state index < -0.39 is 42.2 Å². The van der Waals surface area contributed by atoms with Crippen LogP contribution in [-0.2, 0) is 18.9 Å². The molecule has 8 nitrogen and oxygen atoms in total. The summed E-state index contributed by atoms with van der Waals surface area (Å²) in [6.45, 7) is -0.559. The zero-order valence-electron chi connectivity index (χ0n) is 19.8. The van der Waals surface area contributed by atoms with Crippen LogP contribution in [-0.4, -0.2) is 53.5 Å². The highest BCUT2D eigenvalue weighted by atomic mass is 32.2. The van der Waals surface area contributed by atoms with Crippen molar-refractivity contribution in [2.45, 2.75) is 17.6 Å². The van der Waals surface area contributed by atoms with Crippen LogP contribution in [0.5, 0.6) is 0 Å². The van der Waals surface area contributed by atoms with Gasteiger partial charge in [0.05, 0.1) is 23.3 Å². The van der Waals surface area contributed by atoms with Crippen molar-refractivity contribution in [2.24, 2.45) is 0 Å². The molecular formula is C28H24O8S. The number of rotatable bonds is 8. The van der Waals surface area contributed by atoms with E-state index in [0.717, 1.165) is 11.8 Å². The number of carbonyl (C=O) groups excluding carboxylic acids is 3. The van der Waals surface area contributed by atoms with E-state index in [1.54, 1.807) is 97.3 Å². The Balaban J connectivity index is 1.76. The number of benzene rings is 3. The molecule has 1 heterocycles. The molecule has 9 heteroatoms. The van der Waals surface area contributed by atoms with Gasteiger partial charge in [0.15, 0.2) is 23.1 Å². The lowest BCUT2D eigenvalue weighted by Gasteiger charge is -2.36. The summed E-state index contributed by atoms with van der Waals surface area (Å²) in [6.07, 6.45) is -0.780. The van der Waals surface area contributed by atoms with E-state index in [1.807, 2.05) is 0 Å². The summed E-state index contributed by atoms with van der Waals surface area (Å²) in [5.41, 5.74) is -0.215. The number of esters is 3. The molecule has 1 aliphatic heterocycles. The monoisotopic (exact) mass is 520 g/mol. The Morgan fingerprint density at radius 3 is 1.59 bits per heavy atom. The Morgan fingerprint density at radius 2 is 1.16 bits per heavy atom. The Hall–Kier alpha value is -3.92. The minimum Gasteiger partial charge on any atom is -0.448 e. The molecule has 0 aromatic heterocycles. The molecule has 3 aromatic rings. The highest BCUT2D eigenvalue weighted by molar-refractivity contribution is 7.99. The van der Waals surface area contributed by atoms with E-state index in [9.17, 15) is 19.5 Å². The maximum atomic E-state index is 13.1. The zero-order chi connectivity index (χ0) is 26.2. The van der Waals surface area contributed by atoms with Gasteiger partial charge in [0.25, 0.3) is 0 Å². The van der Waals surface area contributed by atoms with Gasteiger partial charge in [-0.05, 0) is 42.7 Å². The van der Waals surface area contributed by atoms with Gasteiger partial charge in [-0.15, -0.1) is 11.8 Å². The Kier molecular flexibility index (Phi) is 8.73. The molecule has 1 N–H and O–H groups in total. The average Bonchev–Trinajstić information content (AvgIpc) is 2.95. The van der Waals surface area contributed by atoms with Crippen molar-refractivity contribution in [1.29, 1.82) is 0 Å². The first kappa shape index (κ1) is 26.2. The van der Waals surface area contributed by atoms with Gasteiger partial charge < -0.3 is 24.1 Å². The summed E-state index contributed by atoms with van der Waals surface area (Å²) in [5.74, 6) is -2.59. The molecule has 0 spiro atoms. The van der Waals surface area contributed by atoms with Crippen LogP contribution in [0.4, 0.5) is 0 Å². The molecule has 3 aromatic carbocycles. The van der Waals surface area contributed by atoms with Gasteiger partial charge in [-0.3, -0.25) is 0 Å². The summed E-state index contributed by atoms with van der Waals surface area (Å²) in [6, 6.07) is 24.6. The van der Waals surface area contributed by atoms with Crippen LogP contribution in [0.25, 0.3) is 0 Å². The van der Waals surface area contributed by atoms with E-state index >= 15 is 0 Å². The smallest absolute Gasteiger partial charge is 0.343 e. The third-order valence-corrected chi connectivity index (χ3v) is 6.17. The molecule has 4 rings (SSSR count). The first-order valence-electron chi connectivity index (χ1n) is 11.4. The second-order valence-corrected chi connectivity index (χ2v) is 8.76. The summed E-state index contributed by atoms with van der Waals surface area (Å²) in [4.78, 5) is 39.0. The fourth-order valence-corrected chi connectivity index (χ4v) is 4.21. The lowest BCUT2D eigenvalue weighted by molar-refractivity contribution is -0.101. The van der Waals surface area contributed by atoms with Crippen LogP contribution in [0.3, 0.4) is 0 Å². The second-order valence-electron chi connectivity index (χ2n) is 7.86. The first-order chi connectivity index (χ1) is 18.0. The number of hydrogen-bond acceptors (Lipinski definition) is 9. The fraction of sp³-hybridized carbons (Fsp3) is 0.179. The molecule has 190 valence electrons. The Morgan fingerprint density at radius 1 is 0.730 bits per heavy atom. The molecule has 0 bridgehead atoms. The molecule has 1 aliphatic rings. The molecule has 0 radical (unpaired) electrons. The predicted molar refractivity (Wildman–Crippen MR) is 136 cm³/mol. The summed E-state index contributed by atoms with van der Waals surface area (Å²) >= 11 is 1.15. The number of thioether (sulfide) groups is 1. The third-order valence-electron chi connectivity index (χ3n) is 5.41. The molecule has 0 saturated carbocycles. The highest BCUT2D eigenvalue weighted by Gasteiger charge is 2.44. The number of hydrogen-bond donors (Lipinski definition) is 1. The van der Waals surface area contributed by atoms with Gasteiger partial charge in [-0.2, -0.15) is 0 Å². The number of carbonyl (C=O) groups is 3. The fourth-order valence-electron chi connectivity index (χ4n) is 3.58. The van der Waals surface area contributed by atoms with Crippen molar-refractivity contribution < 1.29 is 38.4 Å². The molecular weight excluding hydrogens is 496 g/mol. The molecule has 1 unspecified atom stereocenters. The first-order valence-corrected chi connectivity index (χ1v) is 12.6. The minimum atomic E-state index is -1.38. The molecule has 0 fully saturated rings. The van der Waals surface area contributed by atoms with Crippen molar-refractivity contribution in [1.82, 2.24) is 0 Å². The zero-order valence-corrected chi connectivity index (χ0v) is 20.6. The summed E-state index contributed by atoms with van der Waals surface area (Å²) in [5, 5.41) is 10.1. The second kappa shape index (κ2) is 12.4. The van der Waals surface area contributed by atoms with Crippen LogP contribution in [0, 0.1) is 0 Å². The Bertz CT molecular complexity index is 1260. The van der Waals surface area contributed by atoms with E-state index in [1.165, 1.54) is 0 Å². The van der Waals surface area contributed by atoms with Gasteiger partial charge in [-0.1, -0.05) is 54.6 Å². The van der Waals surface area contributed by atoms with E-state index in [2.05, 4.69) is 0 Å².